The number of carbonyl (C=O) groups is 2. The van der Waals surface area contributed by atoms with E-state index in [-0.39, 0.29) is 5.57 Å². The number of amides is 1. The fourth-order valence-corrected chi connectivity index (χ4v) is 2.48. The summed E-state index contributed by atoms with van der Waals surface area (Å²) in [5.41, 5.74) is 2.21. The van der Waals surface area contributed by atoms with E-state index in [1.165, 1.54) is 13.0 Å². The number of benzene rings is 2. The molecule has 0 spiro atoms. The van der Waals surface area contributed by atoms with Crippen LogP contribution in [0.3, 0.4) is 0 Å². The van der Waals surface area contributed by atoms with Crippen LogP contribution in [0.1, 0.15) is 37.8 Å². The van der Waals surface area contributed by atoms with Crippen LogP contribution in [0.5, 0.6) is 5.75 Å². The van der Waals surface area contributed by atoms with Gasteiger partial charge in [-0.1, -0.05) is 38.1 Å². The lowest BCUT2D eigenvalue weighted by atomic mass is 10.0. The quantitative estimate of drug-likeness (QED) is 0.431. The number of methoxy groups -OCH3 is 1. The predicted molar refractivity (Wildman–Crippen MR) is 111 cm³/mol. The Labute approximate surface area is 170 Å². The number of nitrogens with one attached hydrogen (secondary N) is 1. The Morgan fingerprint density at radius 1 is 1.03 bits per heavy atom. The van der Waals surface area contributed by atoms with E-state index in [4.69, 9.17) is 9.47 Å². The van der Waals surface area contributed by atoms with E-state index in [2.05, 4.69) is 19.2 Å². The van der Waals surface area contributed by atoms with Gasteiger partial charge in [0.25, 0.3) is 5.91 Å². The maximum Gasteiger partial charge on any atom is 0.349 e. The van der Waals surface area contributed by atoms with Crippen LogP contribution in [0.2, 0.25) is 0 Å². The smallest absolute Gasteiger partial charge is 0.349 e. The molecule has 0 saturated carbocycles. The summed E-state index contributed by atoms with van der Waals surface area (Å²) < 4.78 is 10.2. The highest BCUT2D eigenvalue weighted by Gasteiger charge is 2.20. The summed E-state index contributed by atoms with van der Waals surface area (Å²) in [5.74, 6) is -0.282. The molecule has 0 unspecified atom stereocenters. The molecule has 2 rings (SSSR count). The van der Waals surface area contributed by atoms with Crippen LogP contribution < -0.4 is 10.1 Å². The molecular weight excluding hydrogens is 368 g/mol. The first-order valence-electron chi connectivity index (χ1n) is 9.21. The molecule has 0 heterocycles. The highest BCUT2D eigenvalue weighted by molar-refractivity contribution is 6.01. The first-order valence-corrected chi connectivity index (χ1v) is 9.21. The standard InChI is InChI=1S/C23H24N2O4/c1-15(2)18-7-9-20(10-8-18)25-22(26)16(3)29-23(27)19(14-24)13-17-5-11-21(28-4)12-6-17/h5-13,15-16H,1-4H3,(H,25,26)/b19-13+/t16-/m1/s1. The molecule has 0 bridgehead atoms. The van der Waals surface area contributed by atoms with Crippen LogP contribution in [0.25, 0.3) is 6.08 Å². The summed E-state index contributed by atoms with van der Waals surface area (Å²) in [4.78, 5) is 24.6. The number of nitriles is 1. The van der Waals surface area contributed by atoms with Crippen molar-refractivity contribution in [3.05, 3.63) is 65.2 Å². The molecule has 29 heavy (non-hydrogen) atoms. The molecule has 0 aliphatic rings. The number of hydrogen-bond donors (Lipinski definition) is 1. The fraction of sp³-hybridized carbons (Fsp3) is 0.261. The Morgan fingerprint density at radius 2 is 1.66 bits per heavy atom. The number of hydrogen-bond acceptors (Lipinski definition) is 5. The van der Waals surface area contributed by atoms with E-state index in [0.29, 0.717) is 22.9 Å². The van der Waals surface area contributed by atoms with Crippen molar-refractivity contribution >= 4 is 23.6 Å². The molecule has 0 fully saturated rings. The molecule has 150 valence electrons. The zero-order chi connectivity index (χ0) is 21.4. The van der Waals surface area contributed by atoms with Gasteiger partial charge in [0, 0.05) is 5.69 Å². The van der Waals surface area contributed by atoms with Crippen molar-refractivity contribution in [2.45, 2.75) is 32.8 Å². The SMILES string of the molecule is COc1ccc(/C=C(\C#N)C(=O)O[C@H](C)C(=O)Nc2ccc(C(C)C)cc2)cc1. The molecule has 0 aliphatic heterocycles. The molecule has 2 aromatic carbocycles. The molecule has 0 radical (unpaired) electrons. The third-order valence-corrected chi connectivity index (χ3v) is 4.27. The maximum atomic E-state index is 12.3. The minimum absolute atomic E-state index is 0.198. The molecule has 0 saturated heterocycles. The van der Waals surface area contributed by atoms with Gasteiger partial charge in [-0.2, -0.15) is 5.26 Å². The van der Waals surface area contributed by atoms with Crippen LogP contribution >= 0.6 is 0 Å². The average Bonchev–Trinajstić information content (AvgIpc) is 2.72. The largest absolute Gasteiger partial charge is 0.497 e. The van der Waals surface area contributed by atoms with E-state index < -0.39 is 18.0 Å². The number of anilines is 1. The van der Waals surface area contributed by atoms with Crippen LogP contribution in [0.15, 0.2) is 54.1 Å². The van der Waals surface area contributed by atoms with Crippen molar-refractivity contribution in [2.24, 2.45) is 0 Å². The Hall–Kier alpha value is -3.59. The molecule has 6 nitrogen and oxygen atoms in total. The first kappa shape index (κ1) is 21.7. The lowest BCUT2D eigenvalue weighted by Gasteiger charge is -2.14. The topological polar surface area (TPSA) is 88.4 Å². The Kier molecular flexibility index (Phi) is 7.55. The van der Waals surface area contributed by atoms with E-state index in [9.17, 15) is 14.9 Å². The molecule has 6 heteroatoms. The van der Waals surface area contributed by atoms with Crippen LogP contribution in [-0.4, -0.2) is 25.1 Å². The van der Waals surface area contributed by atoms with Crippen LogP contribution in [0.4, 0.5) is 5.69 Å². The number of rotatable bonds is 7. The second kappa shape index (κ2) is 10.1. The second-order valence-electron chi connectivity index (χ2n) is 6.76. The first-order chi connectivity index (χ1) is 13.8. The summed E-state index contributed by atoms with van der Waals surface area (Å²) in [7, 11) is 1.55. The van der Waals surface area contributed by atoms with Gasteiger partial charge >= 0.3 is 5.97 Å². The van der Waals surface area contributed by atoms with Crippen molar-refractivity contribution in [3.63, 3.8) is 0 Å². The van der Waals surface area contributed by atoms with Gasteiger partial charge in [-0.15, -0.1) is 0 Å². The summed E-state index contributed by atoms with van der Waals surface area (Å²) in [5, 5.41) is 12.0. The highest BCUT2D eigenvalue weighted by atomic mass is 16.5. The third kappa shape index (κ3) is 6.22. The van der Waals surface area contributed by atoms with Gasteiger partial charge in [0.1, 0.15) is 17.4 Å². The summed E-state index contributed by atoms with van der Waals surface area (Å²) in [6, 6.07) is 16.1. The minimum Gasteiger partial charge on any atom is -0.497 e. The fourth-order valence-electron chi connectivity index (χ4n) is 2.48. The lowest BCUT2D eigenvalue weighted by Crippen LogP contribution is -2.30. The second-order valence-corrected chi connectivity index (χ2v) is 6.76. The molecule has 2 aromatic rings. The number of nitrogens with zero attached hydrogens (tertiary/aromatic N) is 1. The summed E-state index contributed by atoms with van der Waals surface area (Å²) in [6.45, 7) is 5.63. The van der Waals surface area contributed by atoms with Crippen LogP contribution in [-0.2, 0) is 14.3 Å². The van der Waals surface area contributed by atoms with E-state index in [1.54, 1.807) is 43.5 Å². The van der Waals surface area contributed by atoms with E-state index >= 15 is 0 Å². The Balaban J connectivity index is 2.00. The Morgan fingerprint density at radius 3 is 2.17 bits per heavy atom. The molecular formula is C23H24N2O4. The predicted octanol–water partition coefficient (Wildman–Crippen LogP) is 4.30. The zero-order valence-electron chi connectivity index (χ0n) is 16.9. The molecule has 1 atom stereocenters. The third-order valence-electron chi connectivity index (χ3n) is 4.27. The van der Waals surface area contributed by atoms with Gasteiger partial charge < -0.3 is 14.8 Å². The number of esters is 1. The summed E-state index contributed by atoms with van der Waals surface area (Å²) in [6.07, 6.45) is 0.344. The maximum absolute atomic E-state index is 12.3. The van der Waals surface area contributed by atoms with Gasteiger partial charge in [0.05, 0.1) is 7.11 Å². The Bertz CT molecular complexity index is 923. The van der Waals surface area contributed by atoms with E-state index in [1.807, 2.05) is 18.2 Å². The highest BCUT2D eigenvalue weighted by Crippen LogP contribution is 2.18. The van der Waals surface area contributed by atoms with E-state index in [0.717, 1.165) is 5.56 Å². The molecule has 1 amide bonds. The molecule has 0 aliphatic carbocycles. The van der Waals surface area contributed by atoms with Crippen molar-refractivity contribution in [2.75, 3.05) is 12.4 Å². The zero-order valence-corrected chi connectivity index (χ0v) is 16.9. The van der Waals surface area contributed by atoms with Crippen molar-refractivity contribution in [1.82, 2.24) is 0 Å². The molecule has 1 N–H and O–H groups in total. The summed E-state index contributed by atoms with van der Waals surface area (Å²) >= 11 is 0. The van der Waals surface area contributed by atoms with Crippen molar-refractivity contribution in [3.8, 4) is 11.8 Å². The normalized spacial score (nSPS) is 12.1. The van der Waals surface area contributed by atoms with Crippen molar-refractivity contribution in [1.29, 1.82) is 5.26 Å². The van der Waals surface area contributed by atoms with Gasteiger partial charge in [0.2, 0.25) is 0 Å². The van der Waals surface area contributed by atoms with Crippen LogP contribution in [0, 0.1) is 11.3 Å². The van der Waals surface area contributed by atoms with Gasteiger partial charge in [-0.05, 0) is 54.3 Å². The van der Waals surface area contributed by atoms with Crippen molar-refractivity contribution < 1.29 is 19.1 Å². The minimum atomic E-state index is -1.06. The lowest BCUT2D eigenvalue weighted by molar-refractivity contribution is -0.148. The molecule has 0 aromatic heterocycles. The van der Waals surface area contributed by atoms with Gasteiger partial charge in [-0.25, -0.2) is 4.79 Å². The number of ether oxygens (including phenoxy) is 2. The monoisotopic (exact) mass is 392 g/mol. The average molecular weight is 392 g/mol. The van der Waals surface area contributed by atoms with Gasteiger partial charge in [-0.3, -0.25) is 4.79 Å². The number of carbonyl (C=O) groups excluding carboxylic acids is 2. The van der Waals surface area contributed by atoms with Gasteiger partial charge in [0.15, 0.2) is 6.10 Å².